The van der Waals surface area contributed by atoms with Crippen molar-refractivity contribution in [1.82, 2.24) is 15.0 Å². The van der Waals surface area contributed by atoms with Crippen molar-refractivity contribution in [3.63, 3.8) is 0 Å². The summed E-state index contributed by atoms with van der Waals surface area (Å²) in [6, 6.07) is 5.38. The van der Waals surface area contributed by atoms with Crippen LogP contribution in [0.5, 0.6) is 0 Å². The molecule has 1 saturated heterocycles. The molecule has 1 aliphatic heterocycles. The number of fused-ring (bicyclic) bond motifs is 1. The van der Waals surface area contributed by atoms with Crippen LogP contribution in [-0.4, -0.2) is 39.0 Å². The van der Waals surface area contributed by atoms with Crippen LogP contribution in [0.4, 0.5) is 17.3 Å². The molecule has 1 aliphatic rings. The minimum absolute atomic E-state index is 0.00515. The molecule has 1 fully saturated rings. The molecule has 9 heteroatoms. The minimum Gasteiger partial charge on any atom is -0.365 e. The number of nitro groups is 1. The molecular formula is C15H14N6O2S. The molecule has 8 nitrogen and oxygen atoms in total. The van der Waals surface area contributed by atoms with E-state index in [0.29, 0.717) is 5.82 Å². The molecule has 24 heavy (non-hydrogen) atoms. The van der Waals surface area contributed by atoms with Crippen molar-refractivity contribution in [2.45, 2.75) is 12.5 Å². The average Bonchev–Trinajstić information content (AvgIpc) is 3.24. The molecule has 0 saturated carbocycles. The van der Waals surface area contributed by atoms with Crippen LogP contribution < -0.4 is 10.2 Å². The van der Waals surface area contributed by atoms with Crippen LogP contribution in [0, 0.1) is 10.1 Å². The molecule has 122 valence electrons. The molecule has 0 unspecified atom stereocenters. The lowest BCUT2D eigenvalue weighted by molar-refractivity contribution is -0.385. The van der Waals surface area contributed by atoms with Crippen LogP contribution in [0.25, 0.3) is 10.2 Å². The fourth-order valence-electron chi connectivity index (χ4n) is 2.89. The van der Waals surface area contributed by atoms with Gasteiger partial charge in [0.25, 0.3) is 5.69 Å². The number of thiophene rings is 1. The summed E-state index contributed by atoms with van der Waals surface area (Å²) in [6.45, 7) is 1.70. The Morgan fingerprint density at radius 1 is 1.29 bits per heavy atom. The second kappa shape index (κ2) is 6.00. The average molecular weight is 342 g/mol. The van der Waals surface area contributed by atoms with Gasteiger partial charge in [0.2, 0.25) is 0 Å². The first kappa shape index (κ1) is 14.8. The summed E-state index contributed by atoms with van der Waals surface area (Å²) in [5, 5.41) is 17.1. The normalized spacial score (nSPS) is 17.3. The topological polar surface area (TPSA) is 97.1 Å². The molecule has 0 spiro atoms. The van der Waals surface area contributed by atoms with Gasteiger partial charge in [-0.2, -0.15) is 0 Å². The maximum atomic E-state index is 10.7. The number of nitrogens with one attached hydrogen (secondary N) is 1. The molecule has 0 aliphatic carbocycles. The third-order valence-corrected chi connectivity index (χ3v) is 4.86. The van der Waals surface area contributed by atoms with Gasteiger partial charge in [0.15, 0.2) is 0 Å². The van der Waals surface area contributed by atoms with Gasteiger partial charge in [-0.05, 0) is 23.9 Å². The fourth-order valence-corrected chi connectivity index (χ4v) is 3.62. The predicted molar refractivity (Wildman–Crippen MR) is 92.5 cm³/mol. The number of hydrogen-bond donors (Lipinski definition) is 1. The van der Waals surface area contributed by atoms with Crippen LogP contribution in [-0.2, 0) is 0 Å². The SMILES string of the molecule is O=[N+]([O-])c1ccc(N[C@@H]2CCN(c3ncnc4sccc34)C2)nc1. The van der Waals surface area contributed by atoms with Crippen LogP contribution in [0.2, 0.25) is 0 Å². The van der Waals surface area contributed by atoms with Crippen molar-refractivity contribution in [3.8, 4) is 0 Å². The zero-order valence-electron chi connectivity index (χ0n) is 12.6. The van der Waals surface area contributed by atoms with E-state index in [2.05, 4.69) is 25.2 Å². The lowest BCUT2D eigenvalue weighted by Crippen LogP contribution is -2.27. The van der Waals surface area contributed by atoms with E-state index in [4.69, 9.17) is 0 Å². The Morgan fingerprint density at radius 2 is 2.21 bits per heavy atom. The van der Waals surface area contributed by atoms with Gasteiger partial charge in [0.05, 0.1) is 10.3 Å². The van der Waals surface area contributed by atoms with Gasteiger partial charge >= 0.3 is 0 Å². The van der Waals surface area contributed by atoms with Crippen molar-refractivity contribution in [3.05, 3.63) is 46.2 Å². The number of anilines is 2. The lowest BCUT2D eigenvalue weighted by Gasteiger charge is -2.18. The van der Waals surface area contributed by atoms with E-state index in [0.717, 1.165) is 35.5 Å². The van der Waals surface area contributed by atoms with Crippen molar-refractivity contribution in [2.75, 3.05) is 23.3 Å². The number of hydrogen-bond acceptors (Lipinski definition) is 8. The van der Waals surface area contributed by atoms with Gasteiger partial charge in [-0.15, -0.1) is 11.3 Å². The van der Waals surface area contributed by atoms with Crippen molar-refractivity contribution >= 4 is 38.9 Å². The van der Waals surface area contributed by atoms with E-state index in [1.807, 2.05) is 11.4 Å². The third kappa shape index (κ3) is 2.73. The lowest BCUT2D eigenvalue weighted by atomic mass is 10.2. The Hall–Kier alpha value is -2.81. The summed E-state index contributed by atoms with van der Waals surface area (Å²) >= 11 is 1.61. The Bertz CT molecular complexity index is 881. The molecule has 0 aromatic carbocycles. The summed E-state index contributed by atoms with van der Waals surface area (Å²) in [4.78, 5) is 26.3. The van der Waals surface area contributed by atoms with E-state index >= 15 is 0 Å². The molecule has 1 N–H and O–H groups in total. The summed E-state index contributed by atoms with van der Waals surface area (Å²) < 4.78 is 0. The molecule has 0 amide bonds. The van der Waals surface area contributed by atoms with Crippen molar-refractivity contribution in [1.29, 1.82) is 0 Å². The molecule has 0 bridgehead atoms. The molecule has 0 radical (unpaired) electrons. The molecule has 4 heterocycles. The Morgan fingerprint density at radius 3 is 3.00 bits per heavy atom. The van der Waals surface area contributed by atoms with Gasteiger partial charge in [-0.3, -0.25) is 10.1 Å². The predicted octanol–water partition coefficient (Wildman–Crippen LogP) is 2.69. The highest BCUT2D eigenvalue weighted by Gasteiger charge is 2.25. The second-order valence-corrected chi connectivity index (χ2v) is 6.47. The van der Waals surface area contributed by atoms with E-state index in [1.54, 1.807) is 23.7 Å². The largest absolute Gasteiger partial charge is 0.365 e. The minimum atomic E-state index is -0.449. The Balaban J connectivity index is 1.46. The monoisotopic (exact) mass is 342 g/mol. The van der Waals surface area contributed by atoms with E-state index in [1.165, 1.54) is 12.3 Å². The highest BCUT2D eigenvalue weighted by molar-refractivity contribution is 7.16. The molecule has 3 aromatic heterocycles. The fraction of sp³-hybridized carbons (Fsp3) is 0.267. The van der Waals surface area contributed by atoms with Crippen LogP contribution >= 0.6 is 11.3 Å². The van der Waals surface area contributed by atoms with Crippen LogP contribution in [0.15, 0.2) is 36.1 Å². The first-order chi connectivity index (χ1) is 11.7. The van der Waals surface area contributed by atoms with Gasteiger partial charge < -0.3 is 10.2 Å². The van der Waals surface area contributed by atoms with Crippen molar-refractivity contribution < 1.29 is 4.92 Å². The van der Waals surface area contributed by atoms with Crippen LogP contribution in [0.1, 0.15) is 6.42 Å². The third-order valence-electron chi connectivity index (χ3n) is 4.04. The molecule has 4 rings (SSSR count). The summed E-state index contributed by atoms with van der Waals surface area (Å²) in [5.74, 6) is 1.61. The van der Waals surface area contributed by atoms with E-state index in [9.17, 15) is 10.1 Å². The molecule has 3 aromatic rings. The van der Waals surface area contributed by atoms with E-state index in [-0.39, 0.29) is 11.7 Å². The van der Waals surface area contributed by atoms with Crippen molar-refractivity contribution in [2.24, 2.45) is 0 Å². The molecular weight excluding hydrogens is 328 g/mol. The maximum absolute atomic E-state index is 10.7. The number of rotatable bonds is 4. The van der Waals surface area contributed by atoms with Gasteiger partial charge in [0.1, 0.15) is 29.0 Å². The van der Waals surface area contributed by atoms with Gasteiger partial charge in [0, 0.05) is 25.2 Å². The zero-order valence-corrected chi connectivity index (χ0v) is 13.4. The van der Waals surface area contributed by atoms with Gasteiger partial charge in [-0.1, -0.05) is 0 Å². The zero-order chi connectivity index (χ0) is 16.5. The first-order valence-corrected chi connectivity index (χ1v) is 8.39. The highest BCUT2D eigenvalue weighted by atomic mass is 32.1. The smallest absolute Gasteiger partial charge is 0.287 e. The second-order valence-electron chi connectivity index (χ2n) is 5.57. The Labute approximate surface area is 141 Å². The molecule has 1 atom stereocenters. The first-order valence-electron chi connectivity index (χ1n) is 7.51. The Kier molecular flexibility index (Phi) is 3.69. The van der Waals surface area contributed by atoms with Gasteiger partial charge in [-0.25, -0.2) is 15.0 Å². The standard InChI is InChI=1S/C15H14N6O2S/c22-21(23)11-1-2-13(16-7-11)19-10-3-5-20(8-10)14-12-4-6-24-15(12)18-9-17-14/h1-2,4,6-7,9-10H,3,5,8H2,(H,16,19)/t10-/m1/s1. The van der Waals surface area contributed by atoms with E-state index < -0.39 is 4.92 Å². The van der Waals surface area contributed by atoms with Crippen LogP contribution in [0.3, 0.4) is 0 Å². The summed E-state index contributed by atoms with van der Waals surface area (Å²) in [5.41, 5.74) is -0.00515. The number of aromatic nitrogens is 3. The summed E-state index contributed by atoms with van der Waals surface area (Å²) in [6.07, 6.45) is 3.83. The number of nitrogens with zero attached hydrogens (tertiary/aromatic N) is 5. The maximum Gasteiger partial charge on any atom is 0.287 e. The quantitative estimate of drug-likeness (QED) is 0.575. The number of pyridine rings is 1. The highest BCUT2D eigenvalue weighted by Crippen LogP contribution is 2.29. The summed E-state index contributed by atoms with van der Waals surface area (Å²) in [7, 11) is 0.